The van der Waals surface area contributed by atoms with E-state index in [0.29, 0.717) is 12.2 Å². The Morgan fingerprint density at radius 3 is 2.61 bits per heavy atom. The van der Waals surface area contributed by atoms with Crippen LogP contribution in [0.3, 0.4) is 0 Å². The first kappa shape index (κ1) is 18.5. The third kappa shape index (κ3) is 3.12. The molecule has 4 rings (SSSR count). The van der Waals surface area contributed by atoms with Crippen LogP contribution in [0, 0.1) is 6.92 Å². The molecule has 0 aliphatic rings. The Labute approximate surface area is 170 Å². The van der Waals surface area contributed by atoms with E-state index >= 15 is 0 Å². The lowest BCUT2D eigenvalue weighted by atomic mass is 10.3. The van der Waals surface area contributed by atoms with Crippen LogP contribution < -0.4 is 10.4 Å². The Bertz CT molecular complexity index is 1240. The predicted molar refractivity (Wildman–Crippen MR) is 117 cm³/mol. The summed E-state index contributed by atoms with van der Waals surface area (Å²) in [6.07, 6.45) is 1.85. The Balaban J connectivity index is 1.92. The van der Waals surface area contributed by atoms with Crippen LogP contribution in [-0.2, 0) is 13.6 Å². The van der Waals surface area contributed by atoms with Crippen LogP contribution in [0.15, 0.2) is 75.7 Å². The first-order valence-electron chi connectivity index (χ1n) is 8.83. The summed E-state index contributed by atoms with van der Waals surface area (Å²) in [5, 5.41) is 4.14. The zero-order valence-corrected chi connectivity index (χ0v) is 17.3. The molecule has 0 saturated heterocycles. The Morgan fingerprint density at radius 1 is 1.14 bits per heavy atom. The summed E-state index contributed by atoms with van der Waals surface area (Å²) in [5.74, 6) is 0. The number of nitrogens with zero attached hydrogens (tertiary/aromatic N) is 4. The van der Waals surface area contributed by atoms with Crippen LogP contribution in [0.25, 0.3) is 16.3 Å². The minimum Gasteiger partial charge on any atom is -0.312 e. The molecule has 0 bridgehead atoms. The number of aromatic nitrogens is 3. The minimum atomic E-state index is -0.123. The summed E-state index contributed by atoms with van der Waals surface area (Å²) >= 11 is 3.22. The number of hydrogen-bond acceptors (Lipinski definition) is 4. The van der Waals surface area contributed by atoms with Gasteiger partial charge in [-0.3, -0.25) is 9.48 Å². The monoisotopic (exact) mass is 408 g/mol. The van der Waals surface area contributed by atoms with Gasteiger partial charge in [0.25, 0.3) is 5.56 Å². The second-order valence-electron chi connectivity index (χ2n) is 6.30. The fraction of sp³-hybridized carbons (Fsp3) is 0.143. The van der Waals surface area contributed by atoms with E-state index in [1.54, 1.807) is 16.0 Å². The molecule has 0 spiro atoms. The van der Waals surface area contributed by atoms with Crippen LogP contribution in [0.2, 0.25) is 0 Å². The van der Waals surface area contributed by atoms with Crippen molar-refractivity contribution in [3.05, 3.63) is 86.7 Å². The number of thiophene rings is 1. The molecule has 7 heteroatoms. The van der Waals surface area contributed by atoms with E-state index in [-0.39, 0.29) is 5.56 Å². The highest BCUT2D eigenvalue weighted by Gasteiger charge is 2.16. The van der Waals surface area contributed by atoms with Gasteiger partial charge in [-0.1, -0.05) is 30.3 Å². The average molecular weight is 409 g/mol. The molecule has 0 saturated carbocycles. The molecule has 0 amide bonds. The highest BCUT2D eigenvalue weighted by Crippen LogP contribution is 2.25. The van der Waals surface area contributed by atoms with Crippen LogP contribution in [0.4, 0.5) is 5.69 Å². The molecule has 0 N–H and O–H groups in total. The Hall–Kier alpha value is -2.90. The molecule has 0 atom stereocenters. The SMILES string of the molecule is C=CCn1c(-c2cccs2)csc1=Nc1c(C)n(C)n(-c2ccccc2)c1=O. The zero-order valence-electron chi connectivity index (χ0n) is 15.7. The number of hydrogen-bond donors (Lipinski definition) is 0. The van der Waals surface area contributed by atoms with Gasteiger partial charge < -0.3 is 4.57 Å². The molecule has 1 aromatic carbocycles. The van der Waals surface area contributed by atoms with Gasteiger partial charge >= 0.3 is 0 Å². The topological polar surface area (TPSA) is 44.2 Å². The van der Waals surface area contributed by atoms with Gasteiger partial charge in [0.05, 0.1) is 22.0 Å². The molecule has 0 aliphatic heterocycles. The van der Waals surface area contributed by atoms with E-state index in [1.807, 2.05) is 61.1 Å². The Morgan fingerprint density at radius 2 is 1.93 bits per heavy atom. The number of benzene rings is 1. The van der Waals surface area contributed by atoms with Crippen molar-refractivity contribution in [3.63, 3.8) is 0 Å². The highest BCUT2D eigenvalue weighted by atomic mass is 32.1. The van der Waals surface area contributed by atoms with Crippen molar-refractivity contribution in [1.29, 1.82) is 0 Å². The van der Waals surface area contributed by atoms with Crippen molar-refractivity contribution in [2.75, 3.05) is 0 Å². The van der Waals surface area contributed by atoms with Gasteiger partial charge in [-0.25, -0.2) is 9.67 Å². The standard InChI is InChI=1S/C21H20N4OS2/c1-4-12-24-17(18-11-8-13-27-18)14-28-21(24)22-19-15(2)23(3)25(20(19)26)16-9-6-5-7-10-16/h4-11,13-14H,1,12H2,2-3H3. The fourth-order valence-corrected chi connectivity index (χ4v) is 4.87. The molecular weight excluding hydrogens is 388 g/mol. The molecule has 4 aromatic rings. The first-order valence-corrected chi connectivity index (χ1v) is 10.6. The summed E-state index contributed by atoms with van der Waals surface area (Å²) < 4.78 is 5.60. The van der Waals surface area contributed by atoms with E-state index in [1.165, 1.54) is 16.2 Å². The molecule has 3 aromatic heterocycles. The van der Waals surface area contributed by atoms with E-state index < -0.39 is 0 Å². The van der Waals surface area contributed by atoms with Crippen molar-refractivity contribution in [2.45, 2.75) is 13.5 Å². The summed E-state index contributed by atoms with van der Waals surface area (Å²) in [4.78, 5) is 19.9. The lowest BCUT2D eigenvalue weighted by molar-refractivity contribution is 0.630. The van der Waals surface area contributed by atoms with Crippen molar-refractivity contribution >= 4 is 28.4 Å². The zero-order chi connectivity index (χ0) is 19.7. The molecule has 3 heterocycles. The molecular formula is C21H20N4OS2. The highest BCUT2D eigenvalue weighted by molar-refractivity contribution is 7.14. The van der Waals surface area contributed by atoms with Gasteiger partial charge in [-0.2, -0.15) is 0 Å². The second kappa shape index (κ2) is 7.61. The normalized spacial score (nSPS) is 11.9. The van der Waals surface area contributed by atoms with Gasteiger partial charge in [0, 0.05) is 19.0 Å². The maximum atomic E-state index is 13.1. The van der Waals surface area contributed by atoms with E-state index in [2.05, 4.69) is 28.0 Å². The molecule has 142 valence electrons. The Kier molecular flexibility index (Phi) is 5.02. The van der Waals surface area contributed by atoms with Gasteiger partial charge in [0.2, 0.25) is 0 Å². The third-order valence-corrected chi connectivity index (χ3v) is 6.37. The number of rotatable bonds is 5. The number of thiazole rings is 1. The van der Waals surface area contributed by atoms with Crippen molar-refractivity contribution < 1.29 is 0 Å². The van der Waals surface area contributed by atoms with Gasteiger partial charge in [0.1, 0.15) is 0 Å². The van der Waals surface area contributed by atoms with Crippen LogP contribution in [0.5, 0.6) is 0 Å². The van der Waals surface area contributed by atoms with Gasteiger partial charge in [-0.05, 0) is 30.5 Å². The van der Waals surface area contributed by atoms with Crippen molar-refractivity contribution in [1.82, 2.24) is 13.9 Å². The summed E-state index contributed by atoms with van der Waals surface area (Å²) in [6.45, 7) is 6.43. The smallest absolute Gasteiger partial charge is 0.297 e. The number of para-hydroxylation sites is 1. The predicted octanol–water partition coefficient (Wildman–Crippen LogP) is 4.49. The van der Waals surface area contributed by atoms with Gasteiger partial charge in [0.15, 0.2) is 10.5 Å². The molecule has 5 nitrogen and oxygen atoms in total. The summed E-state index contributed by atoms with van der Waals surface area (Å²) in [5.41, 5.74) is 3.08. The van der Waals surface area contributed by atoms with Crippen LogP contribution >= 0.6 is 22.7 Å². The van der Waals surface area contributed by atoms with Gasteiger partial charge in [-0.15, -0.1) is 29.3 Å². The third-order valence-electron chi connectivity index (χ3n) is 4.61. The minimum absolute atomic E-state index is 0.123. The van der Waals surface area contributed by atoms with E-state index in [0.717, 1.165) is 21.9 Å². The summed E-state index contributed by atoms with van der Waals surface area (Å²) in [7, 11) is 1.88. The van der Waals surface area contributed by atoms with Crippen LogP contribution in [-0.4, -0.2) is 13.9 Å². The first-order chi connectivity index (χ1) is 13.6. The fourth-order valence-electron chi connectivity index (χ4n) is 3.13. The second-order valence-corrected chi connectivity index (χ2v) is 8.09. The molecule has 0 aliphatic carbocycles. The van der Waals surface area contributed by atoms with E-state index in [9.17, 15) is 4.79 Å². The quantitative estimate of drug-likeness (QED) is 0.449. The lowest BCUT2D eigenvalue weighted by Crippen LogP contribution is -2.20. The number of allylic oxidation sites excluding steroid dienone is 1. The molecule has 0 fully saturated rings. The van der Waals surface area contributed by atoms with E-state index in [4.69, 9.17) is 4.99 Å². The van der Waals surface area contributed by atoms with Crippen molar-refractivity contribution in [2.24, 2.45) is 12.0 Å². The molecule has 28 heavy (non-hydrogen) atoms. The average Bonchev–Trinajstić information content (AvgIpc) is 3.40. The van der Waals surface area contributed by atoms with Crippen molar-refractivity contribution in [3.8, 4) is 16.3 Å². The summed E-state index contributed by atoms with van der Waals surface area (Å²) in [6, 6.07) is 13.7. The lowest BCUT2D eigenvalue weighted by Gasteiger charge is -2.07. The van der Waals surface area contributed by atoms with Crippen LogP contribution in [0.1, 0.15) is 5.69 Å². The molecule has 0 unspecified atom stereocenters. The largest absolute Gasteiger partial charge is 0.312 e. The maximum absolute atomic E-state index is 13.1. The maximum Gasteiger partial charge on any atom is 0.297 e. The molecule has 0 radical (unpaired) electrons.